The molecule has 0 aromatic carbocycles. The molecule has 21 heavy (non-hydrogen) atoms. The molecule has 1 saturated heterocycles. The van der Waals surface area contributed by atoms with Gasteiger partial charge in [-0.1, -0.05) is 6.92 Å². The van der Waals surface area contributed by atoms with E-state index in [2.05, 4.69) is 32.2 Å². The molecule has 0 spiro atoms. The Morgan fingerprint density at radius 2 is 2.38 bits per heavy atom. The van der Waals surface area contributed by atoms with Crippen molar-refractivity contribution in [2.75, 3.05) is 25.1 Å². The van der Waals surface area contributed by atoms with Crippen LogP contribution >= 0.6 is 0 Å². The average Bonchev–Trinajstić information content (AvgIpc) is 3.18. The van der Waals surface area contributed by atoms with E-state index in [1.165, 1.54) is 0 Å². The van der Waals surface area contributed by atoms with Crippen LogP contribution in [0.4, 0.5) is 5.95 Å². The maximum atomic E-state index is 5.77. The number of imidazole rings is 1. The third kappa shape index (κ3) is 3.46. The number of rotatable bonds is 6. The van der Waals surface area contributed by atoms with E-state index < -0.39 is 0 Å². The highest BCUT2D eigenvalue weighted by atomic mass is 16.6. The molecule has 0 aliphatic carbocycles. The highest BCUT2D eigenvalue weighted by Crippen LogP contribution is 2.15. The van der Waals surface area contributed by atoms with E-state index in [0.717, 1.165) is 19.4 Å². The SMILES string of the molecule is CCCNc1nc(OC2CCOC2)nc(-n2ccnc2)n1. The lowest BCUT2D eigenvalue weighted by molar-refractivity contribution is 0.134. The van der Waals surface area contributed by atoms with Crippen LogP contribution in [0.5, 0.6) is 6.01 Å². The van der Waals surface area contributed by atoms with Crippen molar-refractivity contribution in [1.29, 1.82) is 0 Å². The normalized spacial score (nSPS) is 17.9. The summed E-state index contributed by atoms with van der Waals surface area (Å²) < 4.78 is 12.8. The number of hydrogen-bond acceptors (Lipinski definition) is 7. The number of ether oxygens (including phenoxy) is 2. The van der Waals surface area contributed by atoms with Gasteiger partial charge < -0.3 is 14.8 Å². The molecule has 0 amide bonds. The molecule has 1 aliphatic rings. The van der Waals surface area contributed by atoms with Gasteiger partial charge in [0.05, 0.1) is 13.2 Å². The molecule has 0 bridgehead atoms. The minimum Gasteiger partial charge on any atom is -0.457 e. The molecule has 1 fully saturated rings. The van der Waals surface area contributed by atoms with Gasteiger partial charge >= 0.3 is 6.01 Å². The van der Waals surface area contributed by atoms with Gasteiger partial charge in [-0.25, -0.2) is 4.98 Å². The van der Waals surface area contributed by atoms with Crippen LogP contribution in [0.25, 0.3) is 5.95 Å². The van der Waals surface area contributed by atoms with Crippen LogP contribution in [0.15, 0.2) is 18.7 Å². The van der Waals surface area contributed by atoms with Gasteiger partial charge in [0.15, 0.2) is 0 Å². The Hall–Kier alpha value is -2.22. The van der Waals surface area contributed by atoms with Crippen molar-refractivity contribution >= 4 is 5.95 Å². The summed E-state index contributed by atoms with van der Waals surface area (Å²) >= 11 is 0. The van der Waals surface area contributed by atoms with Crippen LogP contribution in [0.1, 0.15) is 19.8 Å². The maximum absolute atomic E-state index is 5.77. The van der Waals surface area contributed by atoms with Crippen molar-refractivity contribution in [1.82, 2.24) is 24.5 Å². The summed E-state index contributed by atoms with van der Waals surface area (Å²) in [5.74, 6) is 0.986. The summed E-state index contributed by atoms with van der Waals surface area (Å²) in [4.78, 5) is 17.0. The van der Waals surface area contributed by atoms with Crippen LogP contribution in [0, 0.1) is 0 Å². The Morgan fingerprint density at radius 3 is 3.10 bits per heavy atom. The van der Waals surface area contributed by atoms with Crippen LogP contribution in [0.3, 0.4) is 0 Å². The molecule has 8 nitrogen and oxygen atoms in total. The Labute approximate surface area is 122 Å². The Balaban J connectivity index is 1.84. The first kappa shape index (κ1) is 13.7. The highest BCUT2D eigenvalue weighted by molar-refractivity contribution is 5.30. The Kier molecular flexibility index (Phi) is 4.25. The first-order chi connectivity index (χ1) is 10.3. The zero-order valence-electron chi connectivity index (χ0n) is 11.9. The Morgan fingerprint density at radius 1 is 1.43 bits per heavy atom. The molecule has 1 N–H and O–H groups in total. The van der Waals surface area contributed by atoms with Gasteiger partial charge in [-0.05, 0) is 6.42 Å². The monoisotopic (exact) mass is 290 g/mol. The van der Waals surface area contributed by atoms with Crippen LogP contribution < -0.4 is 10.1 Å². The average molecular weight is 290 g/mol. The second-order valence-corrected chi connectivity index (χ2v) is 4.74. The van der Waals surface area contributed by atoms with E-state index in [1.807, 2.05) is 0 Å². The molecule has 3 heterocycles. The molecule has 3 rings (SSSR count). The van der Waals surface area contributed by atoms with E-state index in [-0.39, 0.29) is 6.10 Å². The molecule has 2 aromatic heterocycles. The van der Waals surface area contributed by atoms with Gasteiger partial charge in [0.1, 0.15) is 12.4 Å². The van der Waals surface area contributed by atoms with Gasteiger partial charge in [0.25, 0.3) is 0 Å². The largest absolute Gasteiger partial charge is 0.457 e. The fourth-order valence-corrected chi connectivity index (χ4v) is 1.96. The number of nitrogens with one attached hydrogen (secondary N) is 1. The minimum atomic E-state index is 0.00191. The van der Waals surface area contributed by atoms with Crippen molar-refractivity contribution in [2.24, 2.45) is 0 Å². The first-order valence-corrected chi connectivity index (χ1v) is 7.08. The lowest BCUT2D eigenvalue weighted by Gasteiger charge is -2.12. The predicted molar refractivity (Wildman–Crippen MR) is 75.6 cm³/mol. The summed E-state index contributed by atoms with van der Waals surface area (Å²) in [5, 5.41) is 3.15. The van der Waals surface area contributed by atoms with E-state index in [9.17, 15) is 0 Å². The van der Waals surface area contributed by atoms with Crippen LogP contribution in [0.2, 0.25) is 0 Å². The minimum absolute atomic E-state index is 0.00191. The van der Waals surface area contributed by atoms with E-state index in [4.69, 9.17) is 9.47 Å². The first-order valence-electron chi connectivity index (χ1n) is 7.08. The van der Waals surface area contributed by atoms with E-state index in [0.29, 0.717) is 31.1 Å². The number of nitrogens with zero attached hydrogens (tertiary/aromatic N) is 5. The molecule has 8 heteroatoms. The molecule has 1 aliphatic heterocycles. The quantitative estimate of drug-likeness (QED) is 0.850. The number of anilines is 1. The smallest absolute Gasteiger partial charge is 0.323 e. The van der Waals surface area contributed by atoms with Crippen LogP contribution in [-0.4, -0.2) is 50.4 Å². The molecule has 1 unspecified atom stereocenters. The van der Waals surface area contributed by atoms with Crippen molar-refractivity contribution in [3.63, 3.8) is 0 Å². The van der Waals surface area contributed by atoms with Gasteiger partial charge in [0.2, 0.25) is 11.9 Å². The highest BCUT2D eigenvalue weighted by Gasteiger charge is 2.19. The van der Waals surface area contributed by atoms with Crippen molar-refractivity contribution in [3.05, 3.63) is 18.7 Å². The number of hydrogen-bond donors (Lipinski definition) is 1. The van der Waals surface area contributed by atoms with Gasteiger partial charge in [-0.3, -0.25) is 4.57 Å². The second kappa shape index (κ2) is 6.49. The van der Waals surface area contributed by atoms with E-state index >= 15 is 0 Å². The summed E-state index contributed by atoms with van der Waals surface area (Å²) in [6.07, 6.45) is 6.93. The molecule has 1 atom stereocenters. The third-order valence-corrected chi connectivity index (χ3v) is 3.03. The zero-order chi connectivity index (χ0) is 14.5. The molecular formula is C13H18N6O2. The lowest BCUT2D eigenvalue weighted by atomic mass is 10.3. The molecule has 2 aromatic rings. The van der Waals surface area contributed by atoms with Crippen molar-refractivity contribution < 1.29 is 9.47 Å². The molecular weight excluding hydrogens is 272 g/mol. The standard InChI is InChI=1S/C13H18N6O2/c1-2-4-15-11-16-12(19-6-5-14-9-19)18-13(17-11)21-10-3-7-20-8-10/h5-6,9-10H,2-4,7-8H2,1H3,(H,15,16,17,18). The Bertz CT molecular complexity index is 568. The van der Waals surface area contributed by atoms with Gasteiger partial charge in [0, 0.05) is 25.4 Å². The fraction of sp³-hybridized carbons (Fsp3) is 0.538. The predicted octanol–water partition coefficient (Wildman–Crippen LogP) is 1.05. The maximum Gasteiger partial charge on any atom is 0.323 e. The van der Waals surface area contributed by atoms with E-state index in [1.54, 1.807) is 23.3 Å². The summed E-state index contributed by atoms with van der Waals surface area (Å²) in [6.45, 7) is 4.16. The van der Waals surface area contributed by atoms with Gasteiger partial charge in [-0.2, -0.15) is 15.0 Å². The molecule has 0 saturated carbocycles. The van der Waals surface area contributed by atoms with Crippen molar-refractivity contribution in [2.45, 2.75) is 25.9 Å². The van der Waals surface area contributed by atoms with Crippen molar-refractivity contribution in [3.8, 4) is 12.0 Å². The van der Waals surface area contributed by atoms with Crippen LogP contribution in [-0.2, 0) is 4.74 Å². The second-order valence-electron chi connectivity index (χ2n) is 4.74. The topological polar surface area (TPSA) is 87.0 Å². The zero-order valence-corrected chi connectivity index (χ0v) is 11.9. The summed E-state index contributed by atoms with van der Waals surface area (Å²) in [7, 11) is 0. The van der Waals surface area contributed by atoms with Gasteiger partial charge in [-0.15, -0.1) is 0 Å². The summed E-state index contributed by atoms with van der Waals surface area (Å²) in [6, 6.07) is 0.308. The third-order valence-electron chi connectivity index (χ3n) is 3.03. The number of aromatic nitrogens is 5. The molecule has 112 valence electrons. The molecule has 0 radical (unpaired) electrons. The summed E-state index contributed by atoms with van der Waals surface area (Å²) in [5.41, 5.74) is 0. The lowest BCUT2D eigenvalue weighted by Crippen LogP contribution is -2.19. The fourth-order valence-electron chi connectivity index (χ4n) is 1.96.